The summed E-state index contributed by atoms with van der Waals surface area (Å²) in [5.41, 5.74) is 4.47. The Morgan fingerprint density at radius 3 is 2.62 bits per heavy atom. The number of anilines is 1. The van der Waals surface area contributed by atoms with E-state index in [1.165, 1.54) is 0 Å². The van der Waals surface area contributed by atoms with E-state index in [0.717, 1.165) is 22.5 Å². The minimum Gasteiger partial charge on any atom is -0.345 e. The molecular weight excluding hydrogens is 262 g/mol. The van der Waals surface area contributed by atoms with Gasteiger partial charge >= 0.3 is 0 Å². The fraction of sp³-hybridized carbons (Fsp3) is 0.0588. The van der Waals surface area contributed by atoms with Crippen LogP contribution in [0.2, 0.25) is 0 Å². The minimum atomic E-state index is -0.104. The molecule has 104 valence electrons. The normalized spacial score (nSPS) is 10.3. The lowest BCUT2D eigenvalue weighted by Crippen LogP contribution is -2.11. The number of aromatic amines is 1. The first-order valence-electron chi connectivity index (χ1n) is 6.69. The number of carbonyl (C=O) groups excluding carboxylic acids is 1. The zero-order valence-corrected chi connectivity index (χ0v) is 11.6. The van der Waals surface area contributed by atoms with Gasteiger partial charge in [0.05, 0.1) is 18.2 Å². The molecular formula is C17H15N3O. The second-order valence-corrected chi connectivity index (χ2v) is 4.87. The molecule has 1 aromatic heterocycles. The van der Waals surface area contributed by atoms with E-state index in [-0.39, 0.29) is 5.91 Å². The zero-order valence-electron chi connectivity index (χ0n) is 11.6. The Bertz CT molecular complexity index is 746. The molecule has 0 saturated carbocycles. The number of rotatable bonds is 3. The van der Waals surface area contributed by atoms with Crippen molar-refractivity contribution >= 4 is 11.6 Å². The number of benzene rings is 2. The number of amides is 1. The van der Waals surface area contributed by atoms with Gasteiger partial charge in [-0.3, -0.25) is 4.79 Å². The number of carbonyl (C=O) groups is 1. The van der Waals surface area contributed by atoms with E-state index in [0.29, 0.717) is 5.56 Å². The van der Waals surface area contributed by atoms with Gasteiger partial charge in [0.1, 0.15) is 0 Å². The smallest absolute Gasteiger partial charge is 0.255 e. The van der Waals surface area contributed by atoms with Crippen LogP contribution in [0.15, 0.2) is 61.1 Å². The van der Waals surface area contributed by atoms with E-state index < -0.39 is 0 Å². The molecule has 0 aliphatic heterocycles. The predicted octanol–water partition coefficient (Wildman–Crippen LogP) is 3.64. The molecule has 0 unspecified atom stereocenters. The number of hydrogen-bond acceptors (Lipinski definition) is 2. The Morgan fingerprint density at radius 2 is 1.95 bits per heavy atom. The fourth-order valence-corrected chi connectivity index (χ4v) is 2.14. The Balaban J connectivity index is 1.75. The molecule has 0 aliphatic carbocycles. The number of aryl methyl sites for hydroxylation is 1. The molecule has 0 spiro atoms. The lowest BCUT2D eigenvalue weighted by atomic mass is 10.1. The lowest BCUT2D eigenvalue weighted by Gasteiger charge is -2.06. The number of nitrogens with one attached hydrogen (secondary N) is 2. The van der Waals surface area contributed by atoms with Crippen molar-refractivity contribution in [1.29, 1.82) is 0 Å². The SMILES string of the molecule is Cc1cccc(C(=O)Nc2ccc(-c3cnc[nH]3)cc2)c1. The molecule has 1 amide bonds. The summed E-state index contributed by atoms with van der Waals surface area (Å²) >= 11 is 0. The van der Waals surface area contributed by atoms with Crippen molar-refractivity contribution < 1.29 is 4.79 Å². The van der Waals surface area contributed by atoms with Gasteiger partial charge in [-0.2, -0.15) is 0 Å². The number of aromatic nitrogens is 2. The summed E-state index contributed by atoms with van der Waals surface area (Å²) < 4.78 is 0. The summed E-state index contributed by atoms with van der Waals surface area (Å²) in [7, 11) is 0. The summed E-state index contributed by atoms with van der Waals surface area (Å²) in [6.07, 6.45) is 3.41. The van der Waals surface area contributed by atoms with Gasteiger partial charge in [-0.15, -0.1) is 0 Å². The van der Waals surface area contributed by atoms with Crippen LogP contribution in [0.5, 0.6) is 0 Å². The van der Waals surface area contributed by atoms with E-state index in [4.69, 9.17) is 0 Å². The topological polar surface area (TPSA) is 57.8 Å². The number of hydrogen-bond donors (Lipinski definition) is 2. The van der Waals surface area contributed by atoms with E-state index in [2.05, 4.69) is 15.3 Å². The molecule has 0 radical (unpaired) electrons. The average molecular weight is 277 g/mol. The van der Waals surface area contributed by atoms with Crippen molar-refractivity contribution in [3.63, 3.8) is 0 Å². The molecule has 0 aliphatic rings. The van der Waals surface area contributed by atoms with Gasteiger partial charge in [0.25, 0.3) is 5.91 Å². The Kier molecular flexibility index (Phi) is 3.51. The van der Waals surface area contributed by atoms with Crippen LogP contribution in [0.4, 0.5) is 5.69 Å². The van der Waals surface area contributed by atoms with E-state index >= 15 is 0 Å². The summed E-state index contributed by atoms with van der Waals surface area (Å²) in [5, 5.41) is 2.89. The first-order chi connectivity index (χ1) is 10.2. The van der Waals surface area contributed by atoms with Gasteiger partial charge in [-0.25, -0.2) is 4.98 Å². The molecule has 0 fully saturated rings. The molecule has 4 nitrogen and oxygen atoms in total. The molecule has 0 atom stereocenters. The second kappa shape index (κ2) is 5.63. The van der Waals surface area contributed by atoms with Crippen LogP contribution in [0.3, 0.4) is 0 Å². The Labute approximate surface area is 122 Å². The molecule has 0 bridgehead atoms. The van der Waals surface area contributed by atoms with Crippen LogP contribution in [0.25, 0.3) is 11.3 Å². The quantitative estimate of drug-likeness (QED) is 0.768. The fourth-order valence-electron chi connectivity index (χ4n) is 2.14. The van der Waals surface area contributed by atoms with E-state index in [1.807, 2.05) is 49.4 Å². The number of nitrogens with zero attached hydrogens (tertiary/aromatic N) is 1. The molecule has 2 aromatic carbocycles. The van der Waals surface area contributed by atoms with Gasteiger partial charge in [-0.1, -0.05) is 29.8 Å². The van der Waals surface area contributed by atoms with Crippen LogP contribution < -0.4 is 5.32 Å². The largest absolute Gasteiger partial charge is 0.345 e. The predicted molar refractivity (Wildman–Crippen MR) is 83.2 cm³/mol. The van der Waals surface area contributed by atoms with Crippen LogP contribution in [-0.4, -0.2) is 15.9 Å². The summed E-state index contributed by atoms with van der Waals surface area (Å²) in [5.74, 6) is -0.104. The van der Waals surface area contributed by atoms with Gasteiger partial charge in [-0.05, 0) is 36.8 Å². The van der Waals surface area contributed by atoms with E-state index in [9.17, 15) is 4.79 Å². The summed E-state index contributed by atoms with van der Waals surface area (Å²) in [6, 6.07) is 15.2. The highest BCUT2D eigenvalue weighted by atomic mass is 16.1. The third-order valence-electron chi connectivity index (χ3n) is 3.23. The Morgan fingerprint density at radius 1 is 1.14 bits per heavy atom. The van der Waals surface area contributed by atoms with Crippen LogP contribution in [-0.2, 0) is 0 Å². The van der Waals surface area contributed by atoms with Crippen LogP contribution in [0, 0.1) is 6.92 Å². The lowest BCUT2D eigenvalue weighted by molar-refractivity contribution is 0.102. The van der Waals surface area contributed by atoms with E-state index in [1.54, 1.807) is 18.6 Å². The third-order valence-corrected chi connectivity index (χ3v) is 3.23. The first kappa shape index (κ1) is 13.1. The standard InChI is InChI=1S/C17H15N3O/c1-12-3-2-4-14(9-12)17(21)20-15-7-5-13(6-8-15)16-10-18-11-19-16/h2-11H,1H3,(H,18,19)(H,20,21). The van der Waals surface area contributed by atoms with Crippen LogP contribution in [0.1, 0.15) is 15.9 Å². The molecule has 4 heteroatoms. The van der Waals surface area contributed by atoms with Gasteiger partial charge in [0.2, 0.25) is 0 Å². The maximum Gasteiger partial charge on any atom is 0.255 e. The van der Waals surface area contributed by atoms with Crippen LogP contribution >= 0.6 is 0 Å². The molecule has 2 N–H and O–H groups in total. The van der Waals surface area contributed by atoms with Gasteiger partial charge in [0, 0.05) is 11.3 Å². The third kappa shape index (κ3) is 3.00. The highest BCUT2D eigenvalue weighted by Crippen LogP contribution is 2.19. The second-order valence-electron chi connectivity index (χ2n) is 4.87. The first-order valence-corrected chi connectivity index (χ1v) is 6.69. The maximum atomic E-state index is 12.2. The molecule has 3 aromatic rings. The van der Waals surface area contributed by atoms with Gasteiger partial charge < -0.3 is 10.3 Å². The highest BCUT2D eigenvalue weighted by Gasteiger charge is 2.06. The average Bonchev–Trinajstić information content (AvgIpc) is 3.02. The van der Waals surface area contributed by atoms with Crippen molar-refractivity contribution in [3.8, 4) is 11.3 Å². The highest BCUT2D eigenvalue weighted by molar-refractivity contribution is 6.04. The van der Waals surface area contributed by atoms with Crippen molar-refractivity contribution in [2.75, 3.05) is 5.32 Å². The summed E-state index contributed by atoms with van der Waals surface area (Å²) in [4.78, 5) is 19.2. The number of H-pyrrole nitrogens is 1. The van der Waals surface area contributed by atoms with Crippen molar-refractivity contribution in [2.45, 2.75) is 6.92 Å². The van der Waals surface area contributed by atoms with Crippen molar-refractivity contribution in [1.82, 2.24) is 9.97 Å². The van der Waals surface area contributed by atoms with Crippen molar-refractivity contribution in [3.05, 3.63) is 72.2 Å². The monoisotopic (exact) mass is 277 g/mol. The maximum absolute atomic E-state index is 12.2. The summed E-state index contributed by atoms with van der Waals surface area (Å²) in [6.45, 7) is 1.97. The molecule has 1 heterocycles. The number of imidazole rings is 1. The minimum absolute atomic E-state index is 0.104. The molecule has 21 heavy (non-hydrogen) atoms. The zero-order chi connectivity index (χ0) is 14.7. The van der Waals surface area contributed by atoms with Crippen molar-refractivity contribution in [2.24, 2.45) is 0 Å². The van der Waals surface area contributed by atoms with Gasteiger partial charge in [0.15, 0.2) is 0 Å². The molecule has 3 rings (SSSR count). The molecule has 0 saturated heterocycles. The Hall–Kier alpha value is -2.88.